The topological polar surface area (TPSA) is 79.0 Å². The Balaban J connectivity index is 1.74. The molecular formula is C20H26N4O2S. The van der Waals surface area contributed by atoms with E-state index in [-0.39, 0.29) is 10.8 Å². The van der Waals surface area contributed by atoms with Crippen molar-refractivity contribution in [3.05, 3.63) is 47.5 Å². The summed E-state index contributed by atoms with van der Waals surface area (Å²) in [6.45, 7) is 6.22. The maximum absolute atomic E-state index is 13.0. The number of aromatic nitrogens is 2. The van der Waals surface area contributed by atoms with Crippen LogP contribution in [0.15, 0.2) is 35.4 Å². The summed E-state index contributed by atoms with van der Waals surface area (Å²) in [5.41, 5.74) is 1.62. The number of nitriles is 1. The van der Waals surface area contributed by atoms with Crippen molar-refractivity contribution in [3.63, 3.8) is 0 Å². The average molecular weight is 387 g/mol. The SMILES string of the molecule is CCCn1c(C)cnc1CC1CCCN(S(=O)(=O)c2ccc(C#N)cc2)C1. The second kappa shape index (κ2) is 8.24. The molecule has 0 saturated carbocycles. The predicted molar refractivity (Wildman–Crippen MR) is 104 cm³/mol. The van der Waals surface area contributed by atoms with Crippen LogP contribution in [0.25, 0.3) is 0 Å². The molecule has 1 saturated heterocycles. The van der Waals surface area contributed by atoms with Gasteiger partial charge in [-0.1, -0.05) is 6.92 Å². The lowest BCUT2D eigenvalue weighted by Gasteiger charge is -2.32. The molecule has 0 amide bonds. The Bertz CT molecular complexity index is 926. The Hall–Kier alpha value is -2.17. The summed E-state index contributed by atoms with van der Waals surface area (Å²) in [5, 5.41) is 8.90. The molecule has 1 aromatic heterocycles. The number of hydrogen-bond acceptors (Lipinski definition) is 4. The molecular weight excluding hydrogens is 360 g/mol. The number of imidazole rings is 1. The molecule has 1 fully saturated rings. The van der Waals surface area contributed by atoms with Crippen molar-refractivity contribution in [1.29, 1.82) is 5.26 Å². The molecule has 0 spiro atoms. The highest BCUT2D eigenvalue weighted by Gasteiger charge is 2.31. The van der Waals surface area contributed by atoms with Crippen LogP contribution < -0.4 is 0 Å². The van der Waals surface area contributed by atoms with E-state index < -0.39 is 10.0 Å². The van der Waals surface area contributed by atoms with E-state index in [0.29, 0.717) is 18.7 Å². The van der Waals surface area contributed by atoms with Crippen molar-refractivity contribution in [2.75, 3.05) is 13.1 Å². The summed E-state index contributed by atoms with van der Waals surface area (Å²) >= 11 is 0. The first-order valence-corrected chi connectivity index (χ1v) is 10.9. The van der Waals surface area contributed by atoms with Crippen molar-refractivity contribution in [2.45, 2.75) is 51.0 Å². The van der Waals surface area contributed by atoms with E-state index in [1.807, 2.05) is 12.3 Å². The quantitative estimate of drug-likeness (QED) is 0.764. The van der Waals surface area contributed by atoms with Gasteiger partial charge in [-0.3, -0.25) is 0 Å². The van der Waals surface area contributed by atoms with E-state index in [1.165, 1.54) is 12.1 Å². The van der Waals surface area contributed by atoms with Crippen LogP contribution in [0.4, 0.5) is 0 Å². The fourth-order valence-electron chi connectivity index (χ4n) is 3.72. The molecule has 1 aromatic carbocycles. The van der Waals surface area contributed by atoms with E-state index in [4.69, 9.17) is 5.26 Å². The normalized spacial score (nSPS) is 18.3. The molecule has 27 heavy (non-hydrogen) atoms. The zero-order valence-corrected chi connectivity index (χ0v) is 16.7. The standard InChI is InChI=1S/C20H26N4O2S/c1-3-10-24-16(2)14-22-20(24)12-18-5-4-11-23(15-18)27(25,26)19-8-6-17(13-21)7-9-19/h6-9,14,18H,3-5,10-12,15H2,1-2H3. The molecule has 0 bridgehead atoms. The number of aryl methyl sites for hydroxylation is 1. The Kier molecular flexibility index (Phi) is 5.98. The molecule has 7 heteroatoms. The molecule has 2 aromatic rings. The molecule has 2 heterocycles. The van der Waals surface area contributed by atoms with E-state index in [2.05, 4.69) is 23.4 Å². The third-order valence-corrected chi connectivity index (χ3v) is 7.04. The predicted octanol–water partition coefficient (Wildman–Crippen LogP) is 3.12. The van der Waals surface area contributed by atoms with Crippen molar-refractivity contribution in [1.82, 2.24) is 13.9 Å². The molecule has 0 radical (unpaired) electrons. The first-order chi connectivity index (χ1) is 13.0. The van der Waals surface area contributed by atoms with Crippen LogP contribution in [0.3, 0.4) is 0 Å². The summed E-state index contributed by atoms with van der Waals surface area (Å²) in [6.07, 6.45) is 5.62. The van der Waals surface area contributed by atoms with Crippen LogP contribution in [-0.2, 0) is 23.0 Å². The third-order valence-electron chi connectivity index (χ3n) is 5.16. The van der Waals surface area contributed by atoms with E-state index in [0.717, 1.165) is 43.7 Å². The molecule has 1 atom stereocenters. The highest BCUT2D eigenvalue weighted by atomic mass is 32.2. The Morgan fingerprint density at radius 3 is 2.70 bits per heavy atom. The molecule has 144 valence electrons. The molecule has 3 rings (SSSR count). The number of nitrogens with zero attached hydrogens (tertiary/aromatic N) is 4. The fraction of sp³-hybridized carbons (Fsp3) is 0.500. The number of sulfonamides is 1. The van der Waals surface area contributed by atoms with Crippen LogP contribution in [0, 0.1) is 24.2 Å². The van der Waals surface area contributed by atoms with Gasteiger partial charge in [0.15, 0.2) is 0 Å². The molecule has 6 nitrogen and oxygen atoms in total. The lowest BCUT2D eigenvalue weighted by Crippen LogP contribution is -2.40. The molecule has 0 aliphatic carbocycles. The van der Waals surface area contributed by atoms with Gasteiger partial charge in [0.05, 0.1) is 16.5 Å². The molecule has 1 aliphatic rings. The zero-order chi connectivity index (χ0) is 19.4. The lowest BCUT2D eigenvalue weighted by molar-refractivity contribution is 0.261. The second-order valence-corrected chi connectivity index (χ2v) is 9.12. The van der Waals surface area contributed by atoms with E-state index >= 15 is 0 Å². The summed E-state index contributed by atoms with van der Waals surface area (Å²) in [7, 11) is -3.53. The van der Waals surface area contributed by atoms with Gasteiger partial charge < -0.3 is 4.57 Å². The van der Waals surface area contributed by atoms with E-state index in [9.17, 15) is 8.42 Å². The number of rotatable bonds is 6. The Morgan fingerprint density at radius 1 is 1.30 bits per heavy atom. The van der Waals surface area contributed by atoms with Gasteiger partial charge in [0, 0.05) is 37.9 Å². The van der Waals surface area contributed by atoms with Gasteiger partial charge >= 0.3 is 0 Å². The monoisotopic (exact) mass is 386 g/mol. The van der Waals surface area contributed by atoms with Gasteiger partial charge in [-0.05, 0) is 56.4 Å². The first kappa shape index (κ1) is 19.6. The summed E-state index contributed by atoms with van der Waals surface area (Å²) < 4.78 is 29.8. The fourth-order valence-corrected chi connectivity index (χ4v) is 5.28. The van der Waals surface area contributed by atoms with Crippen LogP contribution in [0.2, 0.25) is 0 Å². The van der Waals surface area contributed by atoms with Crippen molar-refractivity contribution in [3.8, 4) is 6.07 Å². The number of benzene rings is 1. The number of hydrogen-bond donors (Lipinski definition) is 0. The van der Waals surface area contributed by atoms with E-state index in [1.54, 1.807) is 16.4 Å². The van der Waals surface area contributed by atoms with Gasteiger partial charge in [-0.2, -0.15) is 9.57 Å². The van der Waals surface area contributed by atoms with Gasteiger partial charge in [0.2, 0.25) is 10.0 Å². The van der Waals surface area contributed by atoms with Gasteiger partial charge in [0.25, 0.3) is 0 Å². The highest BCUT2D eigenvalue weighted by molar-refractivity contribution is 7.89. The molecule has 1 unspecified atom stereocenters. The van der Waals surface area contributed by atoms with Crippen molar-refractivity contribution in [2.24, 2.45) is 5.92 Å². The third kappa shape index (κ3) is 4.23. The van der Waals surface area contributed by atoms with Crippen LogP contribution >= 0.6 is 0 Å². The smallest absolute Gasteiger partial charge is 0.243 e. The lowest BCUT2D eigenvalue weighted by atomic mass is 9.96. The van der Waals surface area contributed by atoms with Crippen molar-refractivity contribution < 1.29 is 8.42 Å². The van der Waals surface area contributed by atoms with Crippen LogP contribution in [0.1, 0.15) is 43.3 Å². The molecule has 1 aliphatic heterocycles. The van der Waals surface area contributed by atoms with Gasteiger partial charge in [-0.25, -0.2) is 13.4 Å². The van der Waals surface area contributed by atoms with Crippen molar-refractivity contribution >= 4 is 10.0 Å². The second-order valence-electron chi connectivity index (χ2n) is 7.18. The first-order valence-electron chi connectivity index (χ1n) is 9.47. The molecule has 0 N–H and O–H groups in total. The van der Waals surface area contributed by atoms with Gasteiger partial charge in [0.1, 0.15) is 5.82 Å². The maximum Gasteiger partial charge on any atom is 0.243 e. The Labute approximate surface area is 161 Å². The van der Waals surface area contributed by atoms with Crippen LogP contribution in [0.5, 0.6) is 0 Å². The maximum atomic E-state index is 13.0. The minimum Gasteiger partial charge on any atom is -0.332 e. The Morgan fingerprint density at radius 2 is 2.04 bits per heavy atom. The number of piperidine rings is 1. The summed E-state index contributed by atoms with van der Waals surface area (Å²) in [5.74, 6) is 1.32. The summed E-state index contributed by atoms with van der Waals surface area (Å²) in [4.78, 5) is 4.81. The largest absolute Gasteiger partial charge is 0.332 e. The minimum absolute atomic E-state index is 0.255. The summed E-state index contributed by atoms with van der Waals surface area (Å²) in [6, 6.07) is 8.17. The minimum atomic E-state index is -3.53. The zero-order valence-electron chi connectivity index (χ0n) is 15.9. The van der Waals surface area contributed by atoms with Gasteiger partial charge in [-0.15, -0.1) is 0 Å². The average Bonchev–Trinajstić information content (AvgIpc) is 3.02. The van der Waals surface area contributed by atoms with Crippen LogP contribution in [-0.4, -0.2) is 35.4 Å². The highest BCUT2D eigenvalue weighted by Crippen LogP contribution is 2.26.